The van der Waals surface area contributed by atoms with Crippen LogP contribution in [-0.2, 0) is 27.9 Å². The molecule has 1 aromatic heterocycles. The molecule has 0 unspecified atom stereocenters. The van der Waals surface area contributed by atoms with Gasteiger partial charge in [0.25, 0.3) is 0 Å². The number of hydrogen-bond donors (Lipinski definition) is 0. The molecule has 1 aliphatic carbocycles. The van der Waals surface area contributed by atoms with E-state index in [1.54, 1.807) is 4.90 Å². The summed E-state index contributed by atoms with van der Waals surface area (Å²) in [5.41, 5.74) is 3.81. The molecule has 5 nitrogen and oxygen atoms in total. The zero-order valence-corrected chi connectivity index (χ0v) is 16.7. The molecule has 2 aromatic rings. The van der Waals surface area contributed by atoms with E-state index in [-0.39, 0.29) is 11.7 Å². The summed E-state index contributed by atoms with van der Waals surface area (Å²) in [6, 6.07) is 10.3. The van der Waals surface area contributed by atoms with E-state index in [0.717, 1.165) is 36.4 Å². The van der Waals surface area contributed by atoms with Gasteiger partial charge in [-0.3, -0.25) is 4.98 Å². The maximum atomic E-state index is 12.1. The van der Waals surface area contributed by atoms with Crippen molar-refractivity contribution in [3.05, 3.63) is 63.9 Å². The third kappa shape index (κ3) is 2.49. The second-order valence-corrected chi connectivity index (χ2v) is 8.21. The predicted molar refractivity (Wildman–Crippen MR) is 106 cm³/mol. The molecule has 2 spiro atoms. The van der Waals surface area contributed by atoms with E-state index in [1.807, 2.05) is 25.3 Å². The highest BCUT2D eigenvalue weighted by molar-refractivity contribution is 6.30. The number of pyridine rings is 1. The second kappa shape index (κ2) is 6.46. The first-order chi connectivity index (χ1) is 13.6. The average molecular weight is 399 g/mol. The SMILES string of the molecule is CCOC(=O)N1CCC2(CC1)O[C@@]21c2ccc(Cl)cc2CCc2cccnc21. The van der Waals surface area contributed by atoms with E-state index >= 15 is 0 Å². The molecule has 28 heavy (non-hydrogen) atoms. The highest BCUT2D eigenvalue weighted by atomic mass is 35.5. The molecule has 0 saturated carbocycles. The third-order valence-electron chi connectivity index (χ3n) is 6.38. The minimum atomic E-state index is -0.541. The van der Waals surface area contributed by atoms with Gasteiger partial charge in [-0.05, 0) is 67.5 Å². The number of hydrogen-bond acceptors (Lipinski definition) is 4. The molecule has 2 fully saturated rings. The Balaban J connectivity index is 1.55. The van der Waals surface area contributed by atoms with Crippen molar-refractivity contribution < 1.29 is 14.3 Å². The van der Waals surface area contributed by atoms with Crippen LogP contribution in [-0.4, -0.2) is 41.3 Å². The van der Waals surface area contributed by atoms with E-state index in [1.165, 1.54) is 16.7 Å². The van der Waals surface area contributed by atoms with Crippen LogP contribution in [0.3, 0.4) is 0 Å². The van der Waals surface area contributed by atoms with Crippen LogP contribution >= 0.6 is 11.6 Å². The smallest absolute Gasteiger partial charge is 0.409 e. The zero-order valence-electron chi connectivity index (χ0n) is 15.9. The van der Waals surface area contributed by atoms with Crippen molar-refractivity contribution in [1.29, 1.82) is 0 Å². The predicted octanol–water partition coefficient (Wildman–Crippen LogP) is 4.10. The molecule has 2 aliphatic heterocycles. The van der Waals surface area contributed by atoms with E-state index < -0.39 is 5.60 Å². The normalized spacial score (nSPS) is 24.4. The molecule has 3 aliphatic rings. The number of nitrogens with zero attached hydrogens (tertiary/aromatic N) is 2. The van der Waals surface area contributed by atoms with Crippen molar-refractivity contribution in [1.82, 2.24) is 9.88 Å². The van der Waals surface area contributed by atoms with Crippen molar-refractivity contribution in [2.24, 2.45) is 0 Å². The lowest BCUT2D eigenvalue weighted by atomic mass is 9.76. The lowest BCUT2D eigenvalue weighted by Gasteiger charge is -2.32. The Morgan fingerprint density at radius 2 is 2.04 bits per heavy atom. The molecule has 6 heteroatoms. The molecule has 3 heterocycles. The molecule has 1 aromatic carbocycles. The fourth-order valence-corrected chi connectivity index (χ4v) is 5.21. The average Bonchev–Trinajstić information content (AvgIpc) is 3.37. The van der Waals surface area contributed by atoms with Gasteiger partial charge in [-0.1, -0.05) is 23.7 Å². The van der Waals surface area contributed by atoms with Gasteiger partial charge in [-0.2, -0.15) is 0 Å². The first-order valence-corrected chi connectivity index (χ1v) is 10.3. The van der Waals surface area contributed by atoms with Crippen LogP contribution < -0.4 is 0 Å². The fourth-order valence-electron chi connectivity index (χ4n) is 5.02. The van der Waals surface area contributed by atoms with E-state index in [0.29, 0.717) is 19.7 Å². The van der Waals surface area contributed by atoms with Crippen molar-refractivity contribution >= 4 is 17.7 Å². The third-order valence-corrected chi connectivity index (χ3v) is 6.62. The second-order valence-electron chi connectivity index (χ2n) is 7.78. The molecular formula is C22H23ClN2O3. The molecule has 5 rings (SSSR count). The Morgan fingerprint density at radius 3 is 2.82 bits per heavy atom. The van der Waals surface area contributed by atoms with Crippen LogP contribution in [0.1, 0.15) is 42.1 Å². The van der Waals surface area contributed by atoms with Gasteiger partial charge in [0.15, 0.2) is 5.60 Å². The summed E-state index contributed by atoms with van der Waals surface area (Å²) in [6.45, 7) is 3.49. The lowest BCUT2D eigenvalue weighted by Crippen LogP contribution is -2.44. The number of piperidine rings is 1. The Bertz CT molecular complexity index is 939. The van der Waals surface area contributed by atoms with Crippen molar-refractivity contribution in [3.63, 3.8) is 0 Å². The van der Waals surface area contributed by atoms with Gasteiger partial charge in [-0.15, -0.1) is 0 Å². The van der Waals surface area contributed by atoms with Gasteiger partial charge in [0, 0.05) is 24.3 Å². The number of carbonyl (C=O) groups is 1. The number of benzene rings is 1. The summed E-state index contributed by atoms with van der Waals surface area (Å²) in [7, 11) is 0. The Morgan fingerprint density at radius 1 is 1.25 bits per heavy atom. The van der Waals surface area contributed by atoms with Gasteiger partial charge < -0.3 is 14.4 Å². The quantitative estimate of drug-likeness (QED) is 0.678. The highest BCUT2D eigenvalue weighted by Gasteiger charge is 2.74. The number of halogens is 1. The molecule has 146 valence electrons. The van der Waals surface area contributed by atoms with Crippen LogP contribution in [0, 0.1) is 0 Å². The van der Waals surface area contributed by atoms with E-state index in [4.69, 9.17) is 26.1 Å². The summed E-state index contributed by atoms with van der Waals surface area (Å²) in [4.78, 5) is 18.7. The summed E-state index contributed by atoms with van der Waals surface area (Å²) in [5.74, 6) is 0. The number of aromatic nitrogens is 1. The van der Waals surface area contributed by atoms with E-state index in [2.05, 4.69) is 18.2 Å². The number of carbonyl (C=O) groups excluding carboxylic acids is 1. The lowest BCUT2D eigenvalue weighted by molar-refractivity contribution is 0.0850. The van der Waals surface area contributed by atoms with Gasteiger partial charge >= 0.3 is 6.09 Å². The minimum absolute atomic E-state index is 0.237. The summed E-state index contributed by atoms with van der Waals surface area (Å²) in [6.07, 6.45) is 4.99. The maximum absolute atomic E-state index is 12.1. The van der Waals surface area contributed by atoms with Crippen LogP contribution in [0.5, 0.6) is 0 Å². The standard InChI is InChI=1S/C22H23ClN2O3/c1-2-27-20(26)25-12-9-21(10-13-25)22(28-21)18-8-7-17(23)14-16(18)6-5-15-4-3-11-24-19(15)22/h3-4,7-8,11,14H,2,5-6,9-10,12-13H2,1H3/t22-/m1/s1. The molecular weight excluding hydrogens is 376 g/mol. The summed E-state index contributed by atoms with van der Waals surface area (Å²) >= 11 is 6.30. The number of amides is 1. The number of epoxide rings is 1. The van der Waals surface area contributed by atoms with Gasteiger partial charge in [0.05, 0.1) is 12.3 Å². The van der Waals surface area contributed by atoms with Crippen molar-refractivity contribution in [3.8, 4) is 0 Å². The first-order valence-electron chi connectivity index (χ1n) is 9.95. The zero-order chi connectivity index (χ0) is 19.4. The van der Waals surface area contributed by atoms with Gasteiger partial charge in [0.1, 0.15) is 5.60 Å². The topological polar surface area (TPSA) is 55.0 Å². The van der Waals surface area contributed by atoms with Gasteiger partial charge in [0.2, 0.25) is 0 Å². The number of aryl methyl sites for hydroxylation is 2. The number of ether oxygens (including phenoxy) is 2. The van der Waals surface area contributed by atoms with Crippen molar-refractivity contribution in [2.75, 3.05) is 19.7 Å². The monoisotopic (exact) mass is 398 g/mol. The maximum Gasteiger partial charge on any atom is 0.409 e. The fraction of sp³-hybridized carbons (Fsp3) is 0.455. The molecule has 2 saturated heterocycles. The number of rotatable bonds is 1. The summed E-state index contributed by atoms with van der Waals surface area (Å²) in [5, 5.41) is 0.750. The molecule has 1 atom stereocenters. The molecule has 0 bridgehead atoms. The number of fused-ring (bicyclic) bond motifs is 5. The first kappa shape index (κ1) is 18.0. The largest absolute Gasteiger partial charge is 0.450 e. The van der Waals surface area contributed by atoms with Crippen LogP contribution in [0.4, 0.5) is 4.79 Å². The summed E-state index contributed by atoms with van der Waals surface area (Å²) < 4.78 is 11.8. The van der Waals surface area contributed by atoms with Crippen LogP contribution in [0.2, 0.25) is 5.02 Å². The van der Waals surface area contributed by atoms with E-state index in [9.17, 15) is 4.79 Å². The highest BCUT2D eigenvalue weighted by Crippen LogP contribution is 2.65. The van der Waals surface area contributed by atoms with Crippen molar-refractivity contribution in [2.45, 2.75) is 43.8 Å². The minimum Gasteiger partial charge on any atom is -0.450 e. The Hall–Kier alpha value is -2.11. The molecule has 1 amide bonds. The Kier molecular flexibility index (Phi) is 4.14. The Labute approximate surface area is 169 Å². The molecule has 0 radical (unpaired) electrons. The van der Waals surface area contributed by atoms with Crippen LogP contribution in [0.15, 0.2) is 36.5 Å². The number of likely N-dealkylation sites (tertiary alicyclic amines) is 1. The molecule has 0 N–H and O–H groups in total. The van der Waals surface area contributed by atoms with Crippen LogP contribution in [0.25, 0.3) is 0 Å². The van der Waals surface area contributed by atoms with Gasteiger partial charge in [-0.25, -0.2) is 4.79 Å².